The number of hydrogen-bond donors (Lipinski definition) is 1. The van der Waals surface area contributed by atoms with Gasteiger partial charge in [0.15, 0.2) is 5.78 Å². The Labute approximate surface area is 117 Å². The number of aliphatic hydroxyl groups is 1. The van der Waals surface area contributed by atoms with Gasteiger partial charge in [-0.25, -0.2) is 0 Å². The van der Waals surface area contributed by atoms with Crippen LogP contribution < -0.4 is 0 Å². The van der Waals surface area contributed by atoms with Crippen molar-refractivity contribution in [3.05, 3.63) is 70.8 Å². The molecule has 4 aliphatic rings. The Morgan fingerprint density at radius 1 is 1.20 bits per heavy atom. The minimum Gasteiger partial charge on any atom is -0.384 e. The lowest BCUT2D eigenvalue weighted by Gasteiger charge is -2.49. The molecule has 0 heterocycles. The highest BCUT2D eigenvalue weighted by molar-refractivity contribution is 6.03. The predicted molar refractivity (Wildman–Crippen MR) is 75.1 cm³/mol. The normalized spacial score (nSPS) is 39.2. The number of fused-ring (bicyclic) bond motifs is 4. The predicted octanol–water partition coefficient (Wildman–Crippen LogP) is 2.76. The molecule has 0 spiro atoms. The molecular formula is C18H14O2. The van der Waals surface area contributed by atoms with Gasteiger partial charge in [0.25, 0.3) is 0 Å². The molecule has 0 saturated heterocycles. The van der Waals surface area contributed by atoms with E-state index in [0.29, 0.717) is 0 Å². The molecule has 1 saturated carbocycles. The second kappa shape index (κ2) is 3.21. The van der Waals surface area contributed by atoms with Crippen molar-refractivity contribution in [1.29, 1.82) is 0 Å². The molecule has 1 aromatic rings. The quantitative estimate of drug-likeness (QED) is 0.780. The van der Waals surface area contributed by atoms with Crippen LogP contribution in [0.3, 0.4) is 0 Å². The van der Waals surface area contributed by atoms with Crippen molar-refractivity contribution in [2.75, 3.05) is 0 Å². The Hall–Kier alpha value is -1.93. The molecule has 20 heavy (non-hydrogen) atoms. The molecule has 4 aliphatic carbocycles. The minimum atomic E-state index is -0.917. The van der Waals surface area contributed by atoms with Gasteiger partial charge >= 0.3 is 0 Å². The van der Waals surface area contributed by atoms with E-state index in [9.17, 15) is 9.90 Å². The molecule has 0 bridgehead atoms. The van der Waals surface area contributed by atoms with Crippen LogP contribution in [0.1, 0.15) is 22.3 Å². The Kier molecular flexibility index (Phi) is 1.73. The molecule has 5 rings (SSSR count). The fourth-order valence-corrected chi connectivity index (χ4v) is 4.69. The molecule has 2 nitrogen and oxygen atoms in total. The number of rotatable bonds is 0. The number of Topliss-reactive ketones (excluding diaryl/α,β-unsaturated/α-hetero) is 1. The van der Waals surface area contributed by atoms with Gasteiger partial charge in [-0.3, -0.25) is 4.79 Å². The fraction of sp³-hybridized carbons (Fsp3) is 0.278. The number of allylic oxidation sites excluding steroid dienone is 3. The molecule has 0 radical (unpaired) electrons. The zero-order chi connectivity index (χ0) is 13.5. The number of hydrogen-bond acceptors (Lipinski definition) is 2. The van der Waals surface area contributed by atoms with Crippen LogP contribution in [0.2, 0.25) is 0 Å². The van der Waals surface area contributed by atoms with Gasteiger partial charge in [-0.15, -0.1) is 0 Å². The molecule has 4 atom stereocenters. The Balaban J connectivity index is 1.84. The SMILES string of the molecule is O=C1c2ccccc2[C@@]2(O)[C@H]3C=CC=CC3=C3C[C@@H]1[C@H]32. The number of benzene rings is 1. The second-order valence-electron chi connectivity index (χ2n) is 6.23. The molecule has 1 N–H and O–H groups in total. The zero-order valence-electron chi connectivity index (χ0n) is 10.9. The van der Waals surface area contributed by atoms with Crippen molar-refractivity contribution >= 4 is 5.78 Å². The summed E-state index contributed by atoms with van der Waals surface area (Å²) in [6.07, 6.45) is 9.06. The molecule has 1 aromatic carbocycles. The average Bonchev–Trinajstić information content (AvgIpc) is 2.66. The Bertz CT molecular complexity index is 752. The molecule has 1 fully saturated rings. The third-order valence-corrected chi connectivity index (χ3v) is 5.52. The first kappa shape index (κ1) is 10.8. The second-order valence-corrected chi connectivity index (χ2v) is 6.23. The van der Waals surface area contributed by atoms with E-state index < -0.39 is 5.60 Å². The Morgan fingerprint density at radius 2 is 2.05 bits per heavy atom. The molecule has 2 heteroatoms. The first-order valence-electron chi connectivity index (χ1n) is 7.17. The highest BCUT2D eigenvalue weighted by atomic mass is 16.3. The summed E-state index contributed by atoms with van der Waals surface area (Å²) >= 11 is 0. The third kappa shape index (κ3) is 0.947. The summed E-state index contributed by atoms with van der Waals surface area (Å²) in [6.45, 7) is 0. The first-order valence-corrected chi connectivity index (χ1v) is 7.17. The van der Waals surface area contributed by atoms with Crippen molar-refractivity contribution in [3.8, 4) is 0 Å². The molecule has 98 valence electrons. The van der Waals surface area contributed by atoms with Crippen molar-refractivity contribution in [1.82, 2.24) is 0 Å². The van der Waals surface area contributed by atoms with E-state index in [0.717, 1.165) is 17.5 Å². The largest absolute Gasteiger partial charge is 0.384 e. The van der Waals surface area contributed by atoms with E-state index in [-0.39, 0.29) is 23.5 Å². The molecule has 0 aliphatic heterocycles. The van der Waals surface area contributed by atoms with Gasteiger partial charge in [0.2, 0.25) is 0 Å². The topological polar surface area (TPSA) is 37.3 Å². The summed E-state index contributed by atoms with van der Waals surface area (Å²) in [7, 11) is 0. The molecule has 0 unspecified atom stereocenters. The van der Waals surface area contributed by atoms with Crippen molar-refractivity contribution in [2.45, 2.75) is 12.0 Å². The lowest BCUT2D eigenvalue weighted by molar-refractivity contribution is -0.0615. The van der Waals surface area contributed by atoms with E-state index in [4.69, 9.17) is 0 Å². The van der Waals surface area contributed by atoms with Crippen molar-refractivity contribution in [3.63, 3.8) is 0 Å². The molecular weight excluding hydrogens is 248 g/mol. The lowest BCUT2D eigenvalue weighted by atomic mass is 9.55. The fourth-order valence-electron chi connectivity index (χ4n) is 4.69. The maximum absolute atomic E-state index is 12.6. The van der Waals surface area contributed by atoms with Crippen LogP contribution in [0, 0.1) is 17.8 Å². The maximum atomic E-state index is 12.6. The molecule has 0 aromatic heterocycles. The number of ketones is 1. The molecule has 0 amide bonds. The summed E-state index contributed by atoms with van der Waals surface area (Å²) in [4.78, 5) is 12.6. The number of carbonyl (C=O) groups excluding carboxylic acids is 1. The average molecular weight is 262 g/mol. The van der Waals surface area contributed by atoms with Crippen LogP contribution in [-0.2, 0) is 5.60 Å². The van der Waals surface area contributed by atoms with Gasteiger partial charge in [-0.2, -0.15) is 0 Å². The van der Waals surface area contributed by atoms with Crippen LogP contribution in [0.15, 0.2) is 59.7 Å². The van der Waals surface area contributed by atoms with Crippen LogP contribution in [0.25, 0.3) is 0 Å². The summed E-state index contributed by atoms with van der Waals surface area (Å²) in [6, 6.07) is 7.60. The highest BCUT2D eigenvalue weighted by Gasteiger charge is 2.65. The van der Waals surface area contributed by atoms with Crippen LogP contribution in [0.5, 0.6) is 0 Å². The van der Waals surface area contributed by atoms with Gasteiger partial charge in [0.05, 0.1) is 0 Å². The van der Waals surface area contributed by atoms with Crippen molar-refractivity contribution in [2.24, 2.45) is 17.8 Å². The standard InChI is InChI=1S/C18H14O2/c19-17-11-6-2-4-8-15(11)18(20)14-7-3-1-5-10(14)12-9-13(17)16(12)18/h1-8,13-14,16,20H,9H2/t13-,14+,16+,18+/m1/s1. The van der Waals surface area contributed by atoms with E-state index in [1.54, 1.807) is 0 Å². The van der Waals surface area contributed by atoms with E-state index in [1.165, 1.54) is 11.1 Å². The zero-order valence-corrected chi connectivity index (χ0v) is 10.9. The number of carbonyl (C=O) groups is 1. The Morgan fingerprint density at radius 3 is 2.95 bits per heavy atom. The van der Waals surface area contributed by atoms with Crippen LogP contribution >= 0.6 is 0 Å². The third-order valence-electron chi connectivity index (χ3n) is 5.52. The van der Waals surface area contributed by atoms with Crippen LogP contribution in [0.4, 0.5) is 0 Å². The maximum Gasteiger partial charge on any atom is 0.167 e. The minimum absolute atomic E-state index is 0.00250. The smallest absolute Gasteiger partial charge is 0.167 e. The summed E-state index contributed by atoms with van der Waals surface area (Å²) in [5, 5.41) is 11.5. The van der Waals surface area contributed by atoms with Gasteiger partial charge in [-0.05, 0) is 17.6 Å². The summed E-state index contributed by atoms with van der Waals surface area (Å²) in [5.74, 6) is 0.195. The van der Waals surface area contributed by atoms with E-state index in [2.05, 4.69) is 12.2 Å². The monoisotopic (exact) mass is 262 g/mol. The van der Waals surface area contributed by atoms with Crippen molar-refractivity contribution < 1.29 is 9.90 Å². The summed E-state index contributed by atoms with van der Waals surface area (Å²) < 4.78 is 0. The lowest BCUT2D eigenvalue weighted by Crippen LogP contribution is -2.53. The van der Waals surface area contributed by atoms with E-state index in [1.807, 2.05) is 36.4 Å². The van der Waals surface area contributed by atoms with Gasteiger partial charge in [0, 0.05) is 23.3 Å². The first-order chi connectivity index (χ1) is 9.73. The van der Waals surface area contributed by atoms with Crippen LogP contribution in [-0.4, -0.2) is 10.9 Å². The van der Waals surface area contributed by atoms with Gasteiger partial charge in [0.1, 0.15) is 5.60 Å². The van der Waals surface area contributed by atoms with Gasteiger partial charge < -0.3 is 5.11 Å². The summed E-state index contributed by atoms with van der Waals surface area (Å²) in [5.41, 5.74) is 3.16. The van der Waals surface area contributed by atoms with E-state index >= 15 is 0 Å². The van der Waals surface area contributed by atoms with Gasteiger partial charge in [-0.1, -0.05) is 54.1 Å². The highest BCUT2D eigenvalue weighted by Crippen LogP contribution is 2.66.